The SMILES string of the molecule is O=C(CCCCCCC(=O)N/N=C\C1CC2C=CC1C2)N/N=C\C1CC2C=CC1C2. The summed E-state index contributed by atoms with van der Waals surface area (Å²) in [7, 11) is 0. The molecule has 2 fully saturated rings. The Morgan fingerprint density at radius 3 is 1.53 bits per heavy atom. The second-order valence-corrected chi connectivity index (χ2v) is 9.43. The highest BCUT2D eigenvalue weighted by atomic mass is 16.2. The number of hydrogen-bond donors (Lipinski definition) is 2. The van der Waals surface area contributed by atoms with E-state index in [0.29, 0.717) is 36.5 Å². The highest BCUT2D eigenvalue weighted by molar-refractivity contribution is 5.77. The van der Waals surface area contributed by atoms with Crippen LogP contribution >= 0.6 is 0 Å². The van der Waals surface area contributed by atoms with Gasteiger partial charge in [-0.3, -0.25) is 9.59 Å². The van der Waals surface area contributed by atoms with Crippen LogP contribution < -0.4 is 10.9 Å². The summed E-state index contributed by atoms with van der Waals surface area (Å²) in [5.41, 5.74) is 5.31. The van der Waals surface area contributed by atoms with E-state index < -0.39 is 0 Å². The van der Waals surface area contributed by atoms with Crippen LogP contribution in [0.15, 0.2) is 34.5 Å². The highest BCUT2D eigenvalue weighted by Gasteiger charge is 2.35. The van der Waals surface area contributed by atoms with Gasteiger partial charge in [0.1, 0.15) is 0 Å². The molecule has 6 unspecified atom stereocenters. The molecule has 0 aromatic heterocycles. The van der Waals surface area contributed by atoms with Crippen molar-refractivity contribution in [3.63, 3.8) is 0 Å². The third-order valence-corrected chi connectivity index (χ3v) is 7.13. The number of hydrogen-bond acceptors (Lipinski definition) is 4. The first-order chi connectivity index (χ1) is 14.7. The zero-order chi connectivity index (χ0) is 20.8. The average Bonchev–Trinajstić information content (AvgIpc) is 3.52. The molecule has 4 rings (SSSR count). The predicted molar refractivity (Wildman–Crippen MR) is 119 cm³/mol. The van der Waals surface area contributed by atoms with Crippen molar-refractivity contribution in [2.45, 2.75) is 64.2 Å². The number of rotatable bonds is 11. The van der Waals surface area contributed by atoms with E-state index in [9.17, 15) is 9.59 Å². The van der Waals surface area contributed by atoms with Gasteiger partial charge in [-0.05, 0) is 62.2 Å². The molecule has 4 bridgehead atoms. The molecule has 6 nitrogen and oxygen atoms in total. The number of nitrogens with zero attached hydrogens (tertiary/aromatic N) is 2. The lowest BCUT2D eigenvalue weighted by Crippen LogP contribution is -2.19. The van der Waals surface area contributed by atoms with Gasteiger partial charge in [0, 0.05) is 37.1 Å². The fraction of sp³-hybridized carbons (Fsp3) is 0.667. The predicted octanol–water partition coefficient (Wildman–Crippen LogP) is 3.96. The summed E-state index contributed by atoms with van der Waals surface area (Å²) < 4.78 is 0. The molecule has 2 N–H and O–H groups in total. The van der Waals surface area contributed by atoms with E-state index in [2.05, 4.69) is 45.4 Å². The van der Waals surface area contributed by atoms with E-state index in [4.69, 9.17) is 0 Å². The largest absolute Gasteiger partial charge is 0.273 e. The number of carbonyl (C=O) groups is 2. The van der Waals surface area contributed by atoms with Crippen molar-refractivity contribution < 1.29 is 9.59 Å². The second kappa shape index (κ2) is 10.2. The molecule has 2 amide bonds. The minimum absolute atomic E-state index is 0.0208. The van der Waals surface area contributed by atoms with Crippen molar-refractivity contribution in [3.8, 4) is 0 Å². The fourth-order valence-electron chi connectivity index (χ4n) is 5.44. The molecule has 6 heteroatoms. The zero-order valence-corrected chi connectivity index (χ0v) is 17.7. The lowest BCUT2D eigenvalue weighted by atomic mass is 9.95. The van der Waals surface area contributed by atoms with Gasteiger partial charge >= 0.3 is 0 Å². The van der Waals surface area contributed by atoms with Gasteiger partial charge in [0.15, 0.2) is 0 Å². The maximum absolute atomic E-state index is 11.9. The number of hydrazone groups is 2. The molecule has 0 saturated heterocycles. The maximum atomic E-state index is 11.9. The first-order valence-corrected chi connectivity index (χ1v) is 11.7. The van der Waals surface area contributed by atoms with Gasteiger partial charge in [-0.2, -0.15) is 10.2 Å². The topological polar surface area (TPSA) is 82.9 Å². The highest BCUT2D eigenvalue weighted by Crippen LogP contribution is 2.43. The van der Waals surface area contributed by atoms with Crippen LogP contribution in [-0.4, -0.2) is 24.2 Å². The van der Waals surface area contributed by atoms with Crippen LogP contribution in [0.5, 0.6) is 0 Å². The number of nitrogens with one attached hydrogen (secondary N) is 2. The second-order valence-electron chi connectivity index (χ2n) is 9.43. The van der Waals surface area contributed by atoms with Crippen LogP contribution in [-0.2, 0) is 9.59 Å². The first kappa shape index (κ1) is 21.0. The Kier molecular flexibility index (Phi) is 7.13. The lowest BCUT2D eigenvalue weighted by molar-refractivity contribution is -0.122. The van der Waals surface area contributed by atoms with Gasteiger partial charge in [-0.15, -0.1) is 0 Å². The number of carbonyl (C=O) groups excluding carboxylic acids is 2. The Morgan fingerprint density at radius 1 is 0.700 bits per heavy atom. The standard InChI is InChI=1S/C24H34N4O2/c29-23(27-25-15-21-13-17-7-9-19(21)11-17)5-3-1-2-4-6-24(30)28-26-16-22-14-18-8-10-20(22)12-18/h7-10,15-22H,1-6,11-14H2,(H,27,29)(H,28,30)/b25-15-,26-16-. The van der Waals surface area contributed by atoms with Gasteiger partial charge < -0.3 is 0 Å². The van der Waals surface area contributed by atoms with E-state index in [1.165, 1.54) is 25.7 Å². The smallest absolute Gasteiger partial charge is 0.240 e. The molecule has 6 atom stereocenters. The summed E-state index contributed by atoms with van der Waals surface area (Å²) in [6, 6.07) is 0. The van der Waals surface area contributed by atoms with Crippen LogP contribution in [0.25, 0.3) is 0 Å². The van der Waals surface area contributed by atoms with Gasteiger partial charge in [0.2, 0.25) is 11.8 Å². The summed E-state index contributed by atoms with van der Waals surface area (Å²) in [6.45, 7) is 0. The van der Waals surface area contributed by atoms with Crippen molar-refractivity contribution >= 4 is 24.2 Å². The molecule has 4 aliphatic carbocycles. The molecule has 0 radical (unpaired) electrons. The number of unbranched alkanes of at least 4 members (excludes halogenated alkanes) is 3. The summed E-state index contributed by atoms with van der Waals surface area (Å²) in [6.07, 6.45) is 22.4. The Balaban J connectivity index is 0.981. The van der Waals surface area contributed by atoms with E-state index >= 15 is 0 Å². The number of allylic oxidation sites excluding steroid dienone is 4. The van der Waals surface area contributed by atoms with Crippen molar-refractivity contribution in [1.82, 2.24) is 10.9 Å². The maximum Gasteiger partial charge on any atom is 0.240 e. The van der Waals surface area contributed by atoms with Crippen LogP contribution in [0.3, 0.4) is 0 Å². The van der Waals surface area contributed by atoms with Gasteiger partial charge in [-0.25, -0.2) is 10.9 Å². The fourth-order valence-corrected chi connectivity index (χ4v) is 5.44. The Bertz CT molecular complexity index is 679. The summed E-state index contributed by atoms with van der Waals surface area (Å²) in [4.78, 5) is 23.7. The molecular formula is C24H34N4O2. The van der Waals surface area contributed by atoms with Crippen molar-refractivity contribution in [2.24, 2.45) is 45.7 Å². The van der Waals surface area contributed by atoms with E-state index in [-0.39, 0.29) is 11.8 Å². The monoisotopic (exact) mass is 410 g/mol. The van der Waals surface area contributed by atoms with Crippen LogP contribution in [0.1, 0.15) is 64.2 Å². The Morgan fingerprint density at radius 2 is 1.17 bits per heavy atom. The molecule has 0 heterocycles. The van der Waals surface area contributed by atoms with Gasteiger partial charge in [-0.1, -0.05) is 37.1 Å². The third kappa shape index (κ3) is 5.67. The molecule has 2 saturated carbocycles. The number of amides is 2. The first-order valence-electron chi connectivity index (χ1n) is 11.7. The molecule has 30 heavy (non-hydrogen) atoms. The minimum atomic E-state index is -0.0208. The average molecular weight is 411 g/mol. The molecule has 0 aliphatic heterocycles. The molecule has 0 aromatic rings. The minimum Gasteiger partial charge on any atom is -0.273 e. The van der Waals surface area contributed by atoms with E-state index in [1.54, 1.807) is 0 Å². The number of fused-ring (bicyclic) bond motifs is 4. The summed E-state index contributed by atoms with van der Waals surface area (Å²) >= 11 is 0. The molecular weight excluding hydrogens is 376 g/mol. The van der Waals surface area contributed by atoms with Crippen molar-refractivity contribution in [3.05, 3.63) is 24.3 Å². The summed E-state index contributed by atoms with van der Waals surface area (Å²) in [5, 5.41) is 8.30. The van der Waals surface area contributed by atoms with Gasteiger partial charge in [0.25, 0.3) is 0 Å². The molecule has 0 aromatic carbocycles. The summed E-state index contributed by atoms with van der Waals surface area (Å²) in [5.74, 6) is 3.61. The van der Waals surface area contributed by atoms with Crippen molar-refractivity contribution in [2.75, 3.05) is 0 Å². The van der Waals surface area contributed by atoms with Crippen LogP contribution in [0.4, 0.5) is 0 Å². The molecule has 4 aliphatic rings. The Hall–Kier alpha value is -2.24. The van der Waals surface area contributed by atoms with Crippen LogP contribution in [0, 0.1) is 35.5 Å². The van der Waals surface area contributed by atoms with E-state index in [0.717, 1.165) is 37.5 Å². The third-order valence-electron chi connectivity index (χ3n) is 7.13. The normalized spacial score (nSPS) is 33.3. The molecule has 162 valence electrons. The molecule has 0 spiro atoms. The zero-order valence-electron chi connectivity index (χ0n) is 17.7. The van der Waals surface area contributed by atoms with Crippen LogP contribution in [0.2, 0.25) is 0 Å². The lowest BCUT2D eigenvalue weighted by Gasteiger charge is -2.12. The van der Waals surface area contributed by atoms with Gasteiger partial charge in [0.05, 0.1) is 0 Å². The quantitative estimate of drug-likeness (QED) is 0.234. The Labute approximate surface area is 179 Å². The van der Waals surface area contributed by atoms with Crippen molar-refractivity contribution in [1.29, 1.82) is 0 Å². The van der Waals surface area contributed by atoms with E-state index in [1.807, 2.05) is 12.4 Å².